The van der Waals surface area contributed by atoms with Gasteiger partial charge < -0.3 is 15.1 Å². The molecular weight excluding hydrogens is 424 g/mol. The van der Waals surface area contributed by atoms with Crippen molar-refractivity contribution < 1.29 is 4.79 Å². The molecule has 0 radical (unpaired) electrons. The van der Waals surface area contributed by atoms with E-state index in [1.165, 1.54) is 22.2 Å². The highest BCUT2D eigenvalue weighted by Gasteiger charge is 2.20. The van der Waals surface area contributed by atoms with Crippen LogP contribution >= 0.6 is 22.9 Å². The molecule has 1 saturated heterocycles. The first-order valence-corrected chi connectivity index (χ1v) is 11.0. The van der Waals surface area contributed by atoms with Crippen molar-refractivity contribution in [2.24, 2.45) is 0 Å². The molecule has 4 rings (SSSR count). The predicted molar refractivity (Wildman–Crippen MR) is 121 cm³/mol. The Hall–Kier alpha value is -2.49. The van der Waals surface area contributed by atoms with E-state index < -0.39 is 0 Å². The second-order valence-corrected chi connectivity index (χ2v) is 8.64. The monoisotopic (exact) mass is 446 g/mol. The van der Waals surface area contributed by atoms with Crippen LogP contribution in [-0.2, 0) is 11.3 Å². The summed E-state index contributed by atoms with van der Waals surface area (Å²) in [5.41, 5.74) is 1.69. The maximum absolute atomic E-state index is 12.9. The number of halogens is 1. The van der Waals surface area contributed by atoms with Gasteiger partial charge in [0.15, 0.2) is 10.8 Å². The minimum absolute atomic E-state index is 0.129. The Labute approximate surface area is 183 Å². The Morgan fingerprint density at radius 3 is 2.73 bits per heavy atom. The van der Waals surface area contributed by atoms with Crippen molar-refractivity contribution in [3.63, 3.8) is 0 Å². The molecule has 1 aromatic carbocycles. The van der Waals surface area contributed by atoms with Gasteiger partial charge >= 0.3 is 0 Å². The van der Waals surface area contributed by atoms with Crippen molar-refractivity contribution in [2.45, 2.75) is 20.4 Å². The van der Waals surface area contributed by atoms with Crippen LogP contribution in [0.1, 0.15) is 12.5 Å². The maximum Gasteiger partial charge on any atom is 0.273 e. The molecule has 0 atom stereocenters. The van der Waals surface area contributed by atoms with Crippen molar-refractivity contribution in [2.75, 3.05) is 42.9 Å². The maximum atomic E-state index is 12.9. The number of anilines is 2. The van der Waals surface area contributed by atoms with E-state index in [0.29, 0.717) is 21.1 Å². The lowest BCUT2D eigenvalue weighted by Crippen LogP contribution is -2.46. The number of hydrogen-bond acceptors (Lipinski definition) is 7. The minimum Gasteiger partial charge on any atom is -0.345 e. The molecule has 0 aliphatic carbocycles. The number of carbonyl (C=O) groups excluding carboxylic acids is 1. The van der Waals surface area contributed by atoms with E-state index in [1.54, 1.807) is 12.1 Å². The lowest BCUT2D eigenvalue weighted by Gasteiger charge is -2.33. The van der Waals surface area contributed by atoms with Gasteiger partial charge in [-0.15, -0.1) is 0 Å². The molecule has 1 aliphatic rings. The van der Waals surface area contributed by atoms with Gasteiger partial charge in [0.2, 0.25) is 5.91 Å². The lowest BCUT2D eigenvalue weighted by molar-refractivity contribution is -0.116. The Morgan fingerprint density at radius 2 is 2.03 bits per heavy atom. The number of likely N-dealkylation sites (N-methyl/N-ethyl adjacent to an activating group) is 1. The Balaban J connectivity index is 1.49. The second kappa shape index (κ2) is 8.71. The number of piperazine rings is 1. The number of carbonyl (C=O) groups is 1. The van der Waals surface area contributed by atoms with Gasteiger partial charge in [-0.2, -0.15) is 4.98 Å². The number of fused-ring (bicyclic) bond motifs is 1. The zero-order valence-electron chi connectivity index (χ0n) is 16.9. The van der Waals surface area contributed by atoms with Gasteiger partial charge in [-0.05, 0) is 31.2 Å². The molecule has 3 heterocycles. The smallest absolute Gasteiger partial charge is 0.273 e. The van der Waals surface area contributed by atoms with Gasteiger partial charge in [0.1, 0.15) is 17.6 Å². The van der Waals surface area contributed by atoms with Crippen LogP contribution in [0.5, 0.6) is 0 Å². The molecular formula is C20H23ClN6O2S. The van der Waals surface area contributed by atoms with Gasteiger partial charge in [-0.25, -0.2) is 4.98 Å². The number of nitrogens with one attached hydrogen (secondary N) is 1. The summed E-state index contributed by atoms with van der Waals surface area (Å²) < 4.78 is 1.78. The molecule has 2 aromatic heterocycles. The third-order valence-corrected chi connectivity index (χ3v) is 6.73. The summed E-state index contributed by atoms with van der Waals surface area (Å²) in [4.78, 5) is 38.7. The largest absolute Gasteiger partial charge is 0.345 e. The third kappa shape index (κ3) is 4.33. The first-order chi connectivity index (χ1) is 14.4. The van der Waals surface area contributed by atoms with Gasteiger partial charge in [0.05, 0.1) is 0 Å². The molecule has 10 heteroatoms. The van der Waals surface area contributed by atoms with E-state index in [4.69, 9.17) is 11.6 Å². The predicted octanol–water partition coefficient (Wildman–Crippen LogP) is 2.60. The van der Waals surface area contributed by atoms with E-state index >= 15 is 0 Å². The third-order valence-electron chi connectivity index (χ3n) is 5.23. The second-order valence-electron chi connectivity index (χ2n) is 7.26. The average molecular weight is 447 g/mol. The van der Waals surface area contributed by atoms with Crippen molar-refractivity contribution in [3.8, 4) is 0 Å². The van der Waals surface area contributed by atoms with Crippen LogP contribution < -0.4 is 15.8 Å². The molecule has 30 heavy (non-hydrogen) atoms. The minimum atomic E-state index is -0.321. The van der Waals surface area contributed by atoms with Crippen molar-refractivity contribution in [3.05, 3.63) is 45.5 Å². The molecule has 3 aromatic rings. The highest BCUT2D eigenvalue weighted by molar-refractivity contribution is 7.22. The number of hydrogen-bond donors (Lipinski definition) is 1. The summed E-state index contributed by atoms with van der Waals surface area (Å²) in [6, 6.07) is 5.29. The van der Waals surface area contributed by atoms with E-state index in [9.17, 15) is 9.59 Å². The first kappa shape index (κ1) is 20.8. The fourth-order valence-electron chi connectivity index (χ4n) is 3.36. The van der Waals surface area contributed by atoms with Gasteiger partial charge in [0, 0.05) is 36.9 Å². The zero-order valence-corrected chi connectivity index (χ0v) is 18.5. The van der Waals surface area contributed by atoms with Gasteiger partial charge in [-0.3, -0.25) is 14.2 Å². The Bertz CT molecular complexity index is 1140. The summed E-state index contributed by atoms with van der Waals surface area (Å²) >= 11 is 7.44. The normalized spacial score (nSPS) is 15.0. The topological polar surface area (TPSA) is 83.4 Å². The molecule has 1 aliphatic heterocycles. The first-order valence-electron chi connectivity index (χ1n) is 9.84. The molecule has 1 amide bonds. The van der Waals surface area contributed by atoms with Crippen LogP contribution in [0.25, 0.3) is 10.3 Å². The number of aryl methyl sites for hydroxylation is 1. The summed E-state index contributed by atoms with van der Waals surface area (Å²) in [6.45, 7) is 8.67. The van der Waals surface area contributed by atoms with E-state index in [2.05, 4.69) is 32.0 Å². The Morgan fingerprint density at radius 1 is 1.27 bits per heavy atom. The lowest BCUT2D eigenvalue weighted by atomic mass is 10.2. The van der Waals surface area contributed by atoms with Crippen LogP contribution in [-0.4, -0.2) is 58.1 Å². The molecule has 1 fully saturated rings. The average Bonchev–Trinajstić information content (AvgIpc) is 3.18. The van der Waals surface area contributed by atoms with E-state index in [0.717, 1.165) is 43.4 Å². The fourth-order valence-corrected chi connectivity index (χ4v) is 4.57. The molecule has 0 unspecified atom stereocenters. The van der Waals surface area contributed by atoms with Crippen molar-refractivity contribution in [1.82, 2.24) is 19.4 Å². The van der Waals surface area contributed by atoms with Crippen LogP contribution in [0.2, 0.25) is 5.02 Å². The standard InChI is InChI=1S/C20H23ClN6O2S/c1-3-25-6-8-26(9-7-25)20-24-18-17(30-20)19(29)27(12-22-18)11-16(28)23-14-5-4-13(2)15(21)10-14/h4-5,10,12H,3,6-9,11H2,1-2H3,(H,23,28). The Kier molecular flexibility index (Phi) is 6.03. The number of benzene rings is 1. The van der Waals surface area contributed by atoms with E-state index in [-0.39, 0.29) is 18.0 Å². The highest BCUT2D eigenvalue weighted by atomic mass is 35.5. The molecule has 1 N–H and O–H groups in total. The molecule has 158 valence electrons. The quantitative estimate of drug-likeness (QED) is 0.648. The number of rotatable bonds is 5. The summed E-state index contributed by atoms with van der Waals surface area (Å²) in [6.07, 6.45) is 1.38. The summed E-state index contributed by atoms with van der Waals surface area (Å²) in [5.74, 6) is -0.321. The van der Waals surface area contributed by atoms with E-state index in [1.807, 2.05) is 13.0 Å². The fraction of sp³-hybridized carbons (Fsp3) is 0.400. The number of amides is 1. The van der Waals surface area contributed by atoms with Gasteiger partial charge in [-0.1, -0.05) is 35.9 Å². The van der Waals surface area contributed by atoms with Crippen molar-refractivity contribution >= 4 is 50.0 Å². The number of nitrogens with zero attached hydrogens (tertiary/aromatic N) is 5. The van der Waals surface area contributed by atoms with Crippen LogP contribution in [0.3, 0.4) is 0 Å². The molecule has 0 bridgehead atoms. The number of thiazole rings is 1. The zero-order chi connectivity index (χ0) is 21.3. The molecule has 0 spiro atoms. The van der Waals surface area contributed by atoms with Crippen LogP contribution in [0, 0.1) is 6.92 Å². The van der Waals surface area contributed by atoms with Crippen LogP contribution in [0.4, 0.5) is 10.8 Å². The molecule has 8 nitrogen and oxygen atoms in total. The van der Waals surface area contributed by atoms with Crippen molar-refractivity contribution in [1.29, 1.82) is 0 Å². The number of aromatic nitrogens is 3. The molecule has 0 saturated carbocycles. The van der Waals surface area contributed by atoms with Gasteiger partial charge in [0.25, 0.3) is 5.56 Å². The van der Waals surface area contributed by atoms with Crippen LogP contribution in [0.15, 0.2) is 29.3 Å². The highest BCUT2D eigenvalue weighted by Crippen LogP contribution is 2.26. The summed E-state index contributed by atoms with van der Waals surface area (Å²) in [5, 5.41) is 4.15. The summed E-state index contributed by atoms with van der Waals surface area (Å²) in [7, 11) is 0. The SMILES string of the molecule is CCN1CCN(c2nc3ncn(CC(=O)Nc4ccc(C)c(Cl)c4)c(=O)c3s2)CC1.